The first-order valence-electron chi connectivity index (χ1n) is 5.65. The van der Waals surface area contributed by atoms with Crippen LogP contribution in [0.2, 0.25) is 0 Å². The zero-order valence-electron chi connectivity index (χ0n) is 10.1. The number of hydrogen-bond acceptors (Lipinski definition) is 6. The fourth-order valence-corrected chi connectivity index (χ4v) is 1.51. The van der Waals surface area contributed by atoms with Crippen LogP contribution in [0, 0.1) is 0 Å². The number of anilines is 1. The molecule has 2 heterocycles. The summed E-state index contributed by atoms with van der Waals surface area (Å²) in [7, 11) is 1.81. The SMILES string of the molecule is CCOCCCNc1ncnc2c1nnn2C. The van der Waals surface area contributed by atoms with Crippen LogP contribution in [0.25, 0.3) is 11.2 Å². The van der Waals surface area contributed by atoms with Crippen molar-refractivity contribution in [3.63, 3.8) is 0 Å². The largest absolute Gasteiger partial charge is 0.382 e. The molecule has 2 aromatic rings. The first-order valence-corrected chi connectivity index (χ1v) is 5.65. The van der Waals surface area contributed by atoms with Gasteiger partial charge in [-0.3, -0.25) is 0 Å². The summed E-state index contributed by atoms with van der Waals surface area (Å²) < 4.78 is 6.89. The molecule has 2 aromatic heterocycles. The lowest BCUT2D eigenvalue weighted by molar-refractivity contribution is 0.147. The Bertz CT molecular complexity index is 483. The quantitative estimate of drug-likeness (QED) is 0.740. The van der Waals surface area contributed by atoms with Crippen molar-refractivity contribution in [1.29, 1.82) is 0 Å². The van der Waals surface area contributed by atoms with E-state index in [4.69, 9.17) is 4.74 Å². The van der Waals surface area contributed by atoms with E-state index in [1.54, 1.807) is 11.7 Å². The molecule has 0 aliphatic rings. The van der Waals surface area contributed by atoms with Gasteiger partial charge < -0.3 is 10.1 Å². The molecule has 0 aliphatic carbocycles. The first kappa shape index (κ1) is 11.7. The van der Waals surface area contributed by atoms with Crippen LogP contribution in [0.4, 0.5) is 5.82 Å². The molecular weight excluding hydrogens is 220 g/mol. The fourth-order valence-electron chi connectivity index (χ4n) is 1.51. The summed E-state index contributed by atoms with van der Waals surface area (Å²) in [5.74, 6) is 0.722. The Balaban J connectivity index is 1.99. The molecule has 0 atom stereocenters. The van der Waals surface area contributed by atoms with E-state index in [0.29, 0.717) is 5.52 Å². The second kappa shape index (κ2) is 5.53. The van der Waals surface area contributed by atoms with E-state index in [-0.39, 0.29) is 0 Å². The third-order valence-electron chi connectivity index (χ3n) is 2.35. The Labute approximate surface area is 99.2 Å². The smallest absolute Gasteiger partial charge is 0.183 e. The number of ether oxygens (including phenoxy) is 1. The van der Waals surface area contributed by atoms with Gasteiger partial charge in [0, 0.05) is 26.8 Å². The summed E-state index contributed by atoms with van der Waals surface area (Å²) in [6, 6.07) is 0. The van der Waals surface area contributed by atoms with Crippen molar-refractivity contribution in [1.82, 2.24) is 25.0 Å². The van der Waals surface area contributed by atoms with Gasteiger partial charge in [0.15, 0.2) is 17.0 Å². The molecule has 0 fully saturated rings. The molecule has 17 heavy (non-hydrogen) atoms. The topological polar surface area (TPSA) is 77.8 Å². The summed E-state index contributed by atoms with van der Waals surface area (Å²) in [5, 5.41) is 11.2. The van der Waals surface area contributed by atoms with Gasteiger partial charge in [-0.15, -0.1) is 5.10 Å². The molecule has 0 unspecified atom stereocenters. The van der Waals surface area contributed by atoms with Gasteiger partial charge >= 0.3 is 0 Å². The second-order valence-electron chi connectivity index (χ2n) is 3.58. The molecule has 7 heteroatoms. The molecule has 7 nitrogen and oxygen atoms in total. The minimum Gasteiger partial charge on any atom is -0.382 e. The van der Waals surface area contributed by atoms with E-state index in [9.17, 15) is 0 Å². The predicted molar refractivity (Wildman–Crippen MR) is 63.7 cm³/mol. The lowest BCUT2D eigenvalue weighted by Gasteiger charge is -2.05. The van der Waals surface area contributed by atoms with Gasteiger partial charge in [-0.1, -0.05) is 5.21 Å². The van der Waals surface area contributed by atoms with Crippen molar-refractivity contribution >= 4 is 17.0 Å². The van der Waals surface area contributed by atoms with Gasteiger partial charge in [0.05, 0.1) is 0 Å². The van der Waals surface area contributed by atoms with E-state index in [1.807, 2.05) is 6.92 Å². The maximum atomic E-state index is 5.26. The molecule has 0 aromatic carbocycles. The maximum absolute atomic E-state index is 5.26. The second-order valence-corrected chi connectivity index (χ2v) is 3.58. The van der Waals surface area contributed by atoms with Crippen LogP contribution >= 0.6 is 0 Å². The van der Waals surface area contributed by atoms with Gasteiger partial charge in [0.2, 0.25) is 0 Å². The molecule has 0 amide bonds. The molecule has 0 spiro atoms. The Kier molecular flexibility index (Phi) is 3.81. The predicted octanol–water partition coefficient (Wildman–Crippen LogP) is 0.597. The van der Waals surface area contributed by atoms with Crippen molar-refractivity contribution in [2.24, 2.45) is 7.05 Å². The first-order chi connectivity index (χ1) is 8.33. The lowest BCUT2D eigenvalue weighted by atomic mass is 10.4. The van der Waals surface area contributed by atoms with Gasteiger partial charge in [-0.05, 0) is 13.3 Å². The summed E-state index contributed by atoms with van der Waals surface area (Å²) in [5.41, 5.74) is 1.43. The number of hydrogen-bond donors (Lipinski definition) is 1. The fraction of sp³-hybridized carbons (Fsp3) is 0.600. The van der Waals surface area contributed by atoms with Crippen LogP contribution in [0.3, 0.4) is 0 Å². The number of nitrogens with zero attached hydrogens (tertiary/aromatic N) is 5. The number of fused-ring (bicyclic) bond motifs is 1. The summed E-state index contributed by atoms with van der Waals surface area (Å²) >= 11 is 0. The van der Waals surface area contributed by atoms with Gasteiger partial charge in [0.25, 0.3) is 0 Å². The highest BCUT2D eigenvalue weighted by molar-refractivity contribution is 5.81. The van der Waals surface area contributed by atoms with E-state index >= 15 is 0 Å². The van der Waals surface area contributed by atoms with Gasteiger partial charge in [-0.25, -0.2) is 14.6 Å². The van der Waals surface area contributed by atoms with Crippen molar-refractivity contribution < 1.29 is 4.74 Å². The normalized spacial score (nSPS) is 10.9. The highest BCUT2D eigenvalue weighted by Crippen LogP contribution is 2.14. The number of rotatable bonds is 6. The van der Waals surface area contributed by atoms with Crippen LogP contribution in [-0.4, -0.2) is 44.7 Å². The van der Waals surface area contributed by atoms with Crippen LogP contribution in [0.15, 0.2) is 6.33 Å². The number of nitrogens with one attached hydrogen (secondary N) is 1. The number of aryl methyl sites for hydroxylation is 1. The van der Waals surface area contributed by atoms with Crippen molar-refractivity contribution in [3.8, 4) is 0 Å². The van der Waals surface area contributed by atoms with E-state index in [1.165, 1.54) is 6.33 Å². The Morgan fingerprint density at radius 1 is 1.41 bits per heavy atom. The summed E-state index contributed by atoms with van der Waals surface area (Å²) in [4.78, 5) is 8.28. The standard InChI is InChI=1S/C10H16N6O/c1-3-17-6-4-5-11-9-8-10(13-7-12-9)16(2)15-14-8/h7H,3-6H2,1-2H3,(H,11,12,13). The molecule has 0 saturated heterocycles. The Hall–Kier alpha value is -1.76. The van der Waals surface area contributed by atoms with E-state index < -0.39 is 0 Å². The van der Waals surface area contributed by atoms with Gasteiger partial charge in [0.1, 0.15) is 6.33 Å². The average molecular weight is 236 g/mol. The van der Waals surface area contributed by atoms with Crippen LogP contribution in [-0.2, 0) is 11.8 Å². The molecule has 0 radical (unpaired) electrons. The Morgan fingerprint density at radius 3 is 3.12 bits per heavy atom. The van der Waals surface area contributed by atoms with E-state index in [2.05, 4.69) is 25.6 Å². The van der Waals surface area contributed by atoms with Crippen molar-refractivity contribution in [2.75, 3.05) is 25.1 Å². The van der Waals surface area contributed by atoms with Crippen molar-refractivity contribution in [2.45, 2.75) is 13.3 Å². The molecule has 2 rings (SSSR count). The summed E-state index contributed by atoms with van der Waals surface area (Å²) in [6.07, 6.45) is 2.44. The zero-order chi connectivity index (χ0) is 12.1. The van der Waals surface area contributed by atoms with Crippen LogP contribution < -0.4 is 5.32 Å². The molecule has 0 saturated carbocycles. The minimum absolute atomic E-state index is 0.700. The Morgan fingerprint density at radius 2 is 2.29 bits per heavy atom. The average Bonchev–Trinajstić information content (AvgIpc) is 2.72. The highest BCUT2D eigenvalue weighted by atomic mass is 16.5. The summed E-state index contributed by atoms with van der Waals surface area (Å²) in [6.45, 7) is 4.28. The number of aromatic nitrogens is 5. The van der Waals surface area contributed by atoms with Crippen LogP contribution in [0.1, 0.15) is 13.3 Å². The molecule has 1 N–H and O–H groups in total. The van der Waals surface area contributed by atoms with Crippen LogP contribution in [0.5, 0.6) is 0 Å². The third-order valence-corrected chi connectivity index (χ3v) is 2.35. The molecule has 0 bridgehead atoms. The van der Waals surface area contributed by atoms with E-state index in [0.717, 1.165) is 37.6 Å². The highest BCUT2D eigenvalue weighted by Gasteiger charge is 2.08. The molecule has 92 valence electrons. The minimum atomic E-state index is 0.700. The van der Waals surface area contributed by atoms with Gasteiger partial charge in [-0.2, -0.15) is 0 Å². The zero-order valence-corrected chi connectivity index (χ0v) is 10.1. The van der Waals surface area contributed by atoms with Crippen molar-refractivity contribution in [3.05, 3.63) is 6.33 Å². The monoisotopic (exact) mass is 236 g/mol. The third kappa shape index (κ3) is 2.68. The molecular formula is C10H16N6O. The lowest BCUT2D eigenvalue weighted by Crippen LogP contribution is -2.07. The molecule has 0 aliphatic heterocycles. The maximum Gasteiger partial charge on any atom is 0.183 e.